The van der Waals surface area contributed by atoms with Gasteiger partial charge in [0.1, 0.15) is 0 Å². The molecule has 25 heavy (non-hydrogen) atoms. The number of anilines is 1. The summed E-state index contributed by atoms with van der Waals surface area (Å²) in [4.78, 5) is 0. The van der Waals surface area contributed by atoms with E-state index in [1.54, 1.807) is 0 Å². The number of hydrogen-bond donors (Lipinski definition) is 2. The largest absolute Gasteiger partial charge is 0.357 e. The average molecular weight is 370 g/mol. The Morgan fingerprint density at radius 2 is 1.44 bits per heavy atom. The monoisotopic (exact) mass is 369 g/mol. The molecule has 0 aliphatic carbocycles. The van der Waals surface area contributed by atoms with E-state index in [9.17, 15) is 8.42 Å². The minimum absolute atomic E-state index is 0.495. The number of aryl methyl sites for hydroxylation is 2. The van der Waals surface area contributed by atoms with Crippen LogP contribution >= 0.6 is 0 Å². The van der Waals surface area contributed by atoms with Gasteiger partial charge in [0, 0.05) is 0 Å². The highest BCUT2D eigenvalue weighted by Gasteiger charge is 2.09. The smallest absolute Gasteiger partial charge is 0.269 e. The van der Waals surface area contributed by atoms with Gasteiger partial charge in [-0.1, -0.05) is 83.8 Å². The zero-order valence-corrected chi connectivity index (χ0v) is 16.7. The lowest BCUT2D eigenvalue weighted by atomic mass is 10.0. The summed E-state index contributed by atoms with van der Waals surface area (Å²) in [6, 6.07) is 5.85. The molecule has 0 aliphatic heterocycles. The quantitative estimate of drug-likeness (QED) is 0.315. The second-order valence-corrected chi connectivity index (χ2v) is 8.01. The molecular formula is C20H35NO3S. The van der Waals surface area contributed by atoms with Gasteiger partial charge < -0.3 is 0 Å². The van der Waals surface area contributed by atoms with Gasteiger partial charge in [-0.05, 0) is 36.5 Å². The van der Waals surface area contributed by atoms with Crippen LogP contribution in [0.2, 0.25) is 0 Å². The molecule has 5 heteroatoms. The normalized spacial score (nSPS) is 11.6. The van der Waals surface area contributed by atoms with Gasteiger partial charge in [0.25, 0.3) is 0 Å². The zero-order chi connectivity index (χ0) is 18.5. The molecule has 0 aromatic heterocycles. The summed E-state index contributed by atoms with van der Waals surface area (Å²) in [5.74, 6) is 0. The van der Waals surface area contributed by atoms with Crippen LogP contribution < -0.4 is 4.72 Å². The van der Waals surface area contributed by atoms with Crippen LogP contribution in [0.4, 0.5) is 5.69 Å². The first-order valence-electron chi connectivity index (χ1n) is 9.83. The molecule has 0 unspecified atom stereocenters. The molecule has 1 rings (SSSR count). The van der Waals surface area contributed by atoms with Gasteiger partial charge in [-0.2, -0.15) is 8.42 Å². The molecule has 4 nitrogen and oxygen atoms in total. The maximum atomic E-state index is 11.1. The van der Waals surface area contributed by atoms with Crippen LogP contribution in [0.5, 0.6) is 0 Å². The molecule has 2 N–H and O–H groups in total. The Labute approximate surface area is 154 Å². The minimum atomic E-state index is -4.22. The highest BCUT2D eigenvalue weighted by molar-refractivity contribution is 7.87. The van der Waals surface area contributed by atoms with Crippen LogP contribution in [-0.2, 0) is 23.1 Å². The molecule has 0 radical (unpaired) electrons. The Kier molecular flexibility index (Phi) is 10.8. The molecule has 0 saturated heterocycles. The van der Waals surface area contributed by atoms with Crippen molar-refractivity contribution in [2.45, 2.75) is 90.9 Å². The van der Waals surface area contributed by atoms with Crippen LogP contribution in [0.15, 0.2) is 18.2 Å². The van der Waals surface area contributed by atoms with E-state index in [4.69, 9.17) is 4.55 Å². The van der Waals surface area contributed by atoms with Crippen LogP contribution in [0.25, 0.3) is 0 Å². The van der Waals surface area contributed by atoms with E-state index in [2.05, 4.69) is 17.7 Å². The van der Waals surface area contributed by atoms with Gasteiger partial charge >= 0.3 is 10.3 Å². The third kappa shape index (κ3) is 10.5. The van der Waals surface area contributed by atoms with E-state index in [0.29, 0.717) is 5.69 Å². The standard InChI is InChI=1S/C20H35NO3S/c1-3-5-6-7-8-9-10-11-12-13-14-18-15-16-19(4-2)20(17-18)21-25(22,23)24/h15-17,21H,3-14H2,1-2H3,(H,22,23,24). The van der Waals surface area contributed by atoms with Crippen molar-refractivity contribution in [1.29, 1.82) is 0 Å². The SMILES string of the molecule is CCCCCCCCCCCCc1ccc(CC)c(NS(=O)(=O)O)c1. The Balaban J connectivity index is 2.27. The molecular weight excluding hydrogens is 334 g/mol. The third-order valence-corrected chi connectivity index (χ3v) is 5.09. The highest BCUT2D eigenvalue weighted by atomic mass is 32.2. The second-order valence-electron chi connectivity index (χ2n) is 6.85. The van der Waals surface area contributed by atoms with Crippen molar-refractivity contribution in [3.8, 4) is 0 Å². The van der Waals surface area contributed by atoms with E-state index in [1.165, 1.54) is 57.8 Å². The van der Waals surface area contributed by atoms with Crippen molar-refractivity contribution in [3.05, 3.63) is 29.3 Å². The number of benzene rings is 1. The lowest BCUT2D eigenvalue weighted by Gasteiger charge is -2.11. The zero-order valence-electron chi connectivity index (χ0n) is 15.9. The van der Waals surface area contributed by atoms with Gasteiger partial charge in [0.05, 0.1) is 5.69 Å². The Bertz CT molecular complexity index is 585. The second kappa shape index (κ2) is 12.3. The summed E-state index contributed by atoms with van der Waals surface area (Å²) in [5, 5.41) is 0. The van der Waals surface area contributed by atoms with Gasteiger partial charge in [0.15, 0.2) is 0 Å². The number of hydrogen-bond acceptors (Lipinski definition) is 2. The van der Waals surface area contributed by atoms with Crippen LogP contribution in [0.1, 0.15) is 89.2 Å². The first-order valence-corrected chi connectivity index (χ1v) is 11.3. The lowest BCUT2D eigenvalue weighted by molar-refractivity contribution is 0.489. The topological polar surface area (TPSA) is 66.4 Å². The molecule has 0 fully saturated rings. The Hall–Kier alpha value is -1.07. The molecule has 0 amide bonds. The van der Waals surface area contributed by atoms with E-state index >= 15 is 0 Å². The first kappa shape index (κ1) is 22.0. The molecule has 0 bridgehead atoms. The predicted octanol–water partition coefficient (Wildman–Crippen LogP) is 5.93. The van der Waals surface area contributed by atoms with Crippen molar-refractivity contribution in [2.75, 3.05) is 4.72 Å². The fourth-order valence-electron chi connectivity index (χ4n) is 3.14. The van der Waals surface area contributed by atoms with Crippen LogP contribution in [0, 0.1) is 0 Å². The van der Waals surface area contributed by atoms with Gasteiger partial charge in [-0.3, -0.25) is 9.27 Å². The van der Waals surface area contributed by atoms with E-state index in [1.807, 2.05) is 19.1 Å². The van der Waals surface area contributed by atoms with Crippen molar-refractivity contribution in [3.63, 3.8) is 0 Å². The van der Waals surface area contributed by atoms with Gasteiger partial charge in [-0.25, -0.2) is 0 Å². The van der Waals surface area contributed by atoms with Gasteiger partial charge in [0.2, 0.25) is 0 Å². The van der Waals surface area contributed by atoms with Gasteiger partial charge in [-0.15, -0.1) is 0 Å². The third-order valence-electron chi connectivity index (χ3n) is 4.61. The summed E-state index contributed by atoms with van der Waals surface area (Å²) in [5.41, 5.74) is 2.50. The summed E-state index contributed by atoms with van der Waals surface area (Å²) in [7, 11) is -4.22. The summed E-state index contributed by atoms with van der Waals surface area (Å²) < 4.78 is 33.4. The van der Waals surface area contributed by atoms with Crippen molar-refractivity contribution in [2.24, 2.45) is 0 Å². The molecule has 0 spiro atoms. The molecule has 0 atom stereocenters. The average Bonchev–Trinajstić information content (AvgIpc) is 2.55. The van der Waals surface area contributed by atoms with E-state index in [0.717, 1.165) is 30.4 Å². The fraction of sp³-hybridized carbons (Fsp3) is 0.700. The van der Waals surface area contributed by atoms with Crippen molar-refractivity contribution in [1.82, 2.24) is 0 Å². The van der Waals surface area contributed by atoms with Crippen molar-refractivity contribution < 1.29 is 13.0 Å². The van der Waals surface area contributed by atoms with E-state index in [-0.39, 0.29) is 0 Å². The Morgan fingerprint density at radius 3 is 1.96 bits per heavy atom. The predicted molar refractivity (Wildman–Crippen MR) is 107 cm³/mol. The number of unbranched alkanes of at least 4 members (excludes halogenated alkanes) is 9. The molecule has 0 saturated carbocycles. The maximum Gasteiger partial charge on any atom is 0.357 e. The molecule has 1 aromatic rings. The van der Waals surface area contributed by atoms with E-state index < -0.39 is 10.3 Å². The molecule has 0 aliphatic rings. The summed E-state index contributed by atoms with van der Waals surface area (Å²) >= 11 is 0. The summed E-state index contributed by atoms with van der Waals surface area (Å²) in [6.45, 7) is 4.21. The van der Waals surface area contributed by atoms with Crippen LogP contribution in [-0.4, -0.2) is 13.0 Å². The fourth-order valence-corrected chi connectivity index (χ4v) is 3.61. The minimum Gasteiger partial charge on any atom is -0.269 e. The first-order chi connectivity index (χ1) is 12.0. The number of rotatable bonds is 14. The maximum absolute atomic E-state index is 11.1. The highest BCUT2D eigenvalue weighted by Crippen LogP contribution is 2.21. The van der Waals surface area contributed by atoms with Crippen LogP contribution in [0.3, 0.4) is 0 Å². The molecule has 1 aromatic carbocycles. The summed E-state index contributed by atoms with van der Waals surface area (Å²) in [6.07, 6.45) is 14.7. The number of nitrogens with one attached hydrogen (secondary N) is 1. The Morgan fingerprint density at radius 1 is 0.880 bits per heavy atom. The van der Waals surface area contributed by atoms with Crippen molar-refractivity contribution >= 4 is 16.0 Å². The molecule has 0 heterocycles. The lowest BCUT2D eigenvalue weighted by Crippen LogP contribution is -2.12. The molecule has 144 valence electrons.